The molecule has 0 spiro atoms. The van der Waals surface area contributed by atoms with E-state index < -0.39 is 7.12 Å². The summed E-state index contributed by atoms with van der Waals surface area (Å²) in [6.45, 7) is 0. The average molecular weight is 1560 g/mol. The standard InChI is InChI=1S/C50H32N6.C33H23BN4O2.C17H11BrN2/c1-4-15-33(16-5-1)48-52-49(34-17-6-2-7-18-34)54-50(53-48)36-19-12-22-38(31-36)56-43-26-11-10-23-40(43)41-25-13-24-39(47(41)56)35-28-29-44-42(32-35)46-45(27-14-30-51-46)55(44)37-20-8-3-9-21-37;39-34(40)28-19-10-18-27-26-17-7-8-20-29(26)38(30(27)28)25-16-9-15-24(21-25)33-36-31(22-11-3-1-4-12-22)35-32(37-33)23-13-5-2-6-14-23;18-12-8-9-15-14(11-12)17-16(7-4-10-19-17)20(15)13-5-2-1-3-6-13/h1-32H;1-21,39-40H;1-11H. The highest BCUT2D eigenvalue weighted by Gasteiger charge is 2.25. The summed E-state index contributed by atoms with van der Waals surface area (Å²) in [4.78, 5) is 39.0. The van der Waals surface area contributed by atoms with Gasteiger partial charge in [-0.1, -0.05) is 277 Å². The summed E-state index contributed by atoms with van der Waals surface area (Å²) in [6.07, 6.45) is 3.73. The Morgan fingerprint density at radius 1 is 0.233 bits per heavy atom. The summed E-state index contributed by atoms with van der Waals surface area (Å²) in [7, 11) is -1.61. The summed E-state index contributed by atoms with van der Waals surface area (Å²) >= 11 is 3.55. The fourth-order valence-corrected chi connectivity index (χ4v) is 16.4. The van der Waals surface area contributed by atoms with E-state index in [1.165, 1.54) is 21.7 Å². The topological polar surface area (TPSA) is 163 Å². The summed E-state index contributed by atoms with van der Waals surface area (Å²) in [5, 5.41) is 27.1. The minimum atomic E-state index is -1.61. The number of benzene rings is 14. The van der Waals surface area contributed by atoms with Crippen LogP contribution in [0.5, 0.6) is 0 Å². The molecule has 0 aliphatic carbocycles. The lowest BCUT2D eigenvalue weighted by atomic mass is 9.79. The van der Waals surface area contributed by atoms with Crippen molar-refractivity contribution >= 4 is 116 Å². The second kappa shape index (κ2) is 30.3. The van der Waals surface area contributed by atoms with Gasteiger partial charge in [-0.15, -0.1) is 0 Å². The van der Waals surface area contributed by atoms with Crippen molar-refractivity contribution in [2.24, 2.45) is 0 Å². The number of nitrogens with zero attached hydrogens (tertiary/aromatic N) is 12. The summed E-state index contributed by atoms with van der Waals surface area (Å²) < 4.78 is 10.1. The third-order valence-corrected chi connectivity index (χ3v) is 21.7. The fraction of sp³-hybridized carbons (Fsp3) is 0. The first-order valence-corrected chi connectivity index (χ1v) is 39.0. The third kappa shape index (κ3) is 13.0. The van der Waals surface area contributed by atoms with Gasteiger partial charge in [-0.3, -0.25) is 9.97 Å². The van der Waals surface area contributed by atoms with E-state index in [-0.39, 0.29) is 0 Å². The van der Waals surface area contributed by atoms with Gasteiger partial charge in [-0.05, 0) is 121 Å². The molecular weight excluding hydrogens is 1490 g/mol. The van der Waals surface area contributed by atoms with Crippen LogP contribution in [0.25, 0.3) is 190 Å². The summed E-state index contributed by atoms with van der Waals surface area (Å²) in [5.41, 5.74) is 22.8. The van der Waals surface area contributed by atoms with Crippen molar-refractivity contribution < 1.29 is 10.0 Å². The van der Waals surface area contributed by atoms with Gasteiger partial charge in [0.2, 0.25) is 0 Å². The number of pyridine rings is 2. The highest BCUT2D eigenvalue weighted by molar-refractivity contribution is 9.10. The van der Waals surface area contributed by atoms with E-state index in [9.17, 15) is 10.0 Å². The van der Waals surface area contributed by atoms with E-state index in [1.54, 1.807) is 6.07 Å². The molecule has 16 heteroatoms. The van der Waals surface area contributed by atoms with Crippen LogP contribution in [0.1, 0.15) is 0 Å². The molecule has 14 aromatic carbocycles. The first-order valence-electron chi connectivity index (χ1n) is 38.2. The average Bonchev–Trinajstić information content (AvgIpc) is 1.61. The molecule has 0 atom stereocenters. The maximum absolute atomic E-state index is 10.2. The van der Waals surface area contributed by atoms with Crippen LogP contribution in [-0.2, 0) is 0 Å². The molecule has 22 aromatic rings. The number of para-hydroxylation sites is 6. The molecule has 116 heavy (non-hydrogen) atoms. The van der Waals surface area contributed by atoms with Gasteiger partial charge in [0.1, 0.15) is 0 Å². The molecule has 0 aliphatic rings. The molecule has 0 saturated heterocycles. The normalized spacial score (nSPS) is 11.4. The zero-order valence-electron chi connectivity index (χ0n) is 62.2. The first kappa shape index (κ1) is 70.2. The van der Waals surface area contributed by atoms with Crippen LogP contribution < -0.4 is 5.46 Å². The number of aromatic nitrogens is 12. The molecule has 0 amide bonds. The van der Waals surface area contributed by atoms with E-state index >= 15 is 0 Å². The predicted octanol–water partition coefficient (Wildman–Crippen LogP) is 22.7. The quantitative estimate of drug-likeness (QED) is 0.113. The maximum atomic E-state index is 10.2. The molecule has 2 N–H and O–H groups in total. The zero-order chi connectivity index (χ0) is 77.6. The van der Waals surface area contributed by atoms with Gasteiger partial charge >= 0.3 is 7.12 Å². The van der Waals surface area contributed by atoms with Crippen molar-refractivity contribution in [3.05, 3.63) is 393 Å². The molecule has 8 aromatic heterocycles. The number of halogens is 1. The van der Waals surface area contributed by atoms with Crippen LogP contribution in [0.3, 0.4) is 0 Å². The minimum Gasteiger partial charge on any atom is -0.423 e. The SMILES string of the molecule is Brc1ccc2c(c1)c1ncccc1n2-c1ccccc1.OB(O)c1cccc2c3ccccc3n(-c3cccc(-c4nc(-c5ccccc5)nc(-c5ccccc5)n4)c3)c12.c1ccc(-c2nc(-c3ccccc3)nc(-c3cccc(-n4c5ccccc5c5cccc(-c6ccc7c(c6)c6ncccc6n7-c6ccccc6)c54)c3)n2)cc1. The molecule has 0 radical (unpaired) electrons. The van der Waals surface area contributed by atoms with Crippen molar-refractivity contribution in [1.82, 2.24) is 58.1 Å². The van der Waals surface area contributed by atoms with Crippen molar-refractivity contribution in [1.29, 1.82) is 0 Å². The van der Waals surface area contributed by atoms with Crippen LogP contribution in [0, 0.1) is 0 Å². The van der Waals surface area contributed by atoms with Gasteiger partial charge in [0, 0.05) is 116 Å². The Balaban J connectivity index is 0.000000125. The van der Waals surface area contributed by atoms with Crippen LogP contribution in [-0.4, -0.2) is 75.3 Å². The Hall–Kier alpha value is -14.9. The van der Waals surface area contributed by atoms with E-state index in [1.807, 2.05) is 207 Å². The number of rotatable bonds is 12. The van der Waals surface area contributed by atoms with Crippen molar-refractivity contribution in [2.45, 2.75) is 0 Å². The molecule has 0 fully saturated rings. The largest absolute Gasteiger partial charge is 0.490 e. The number of hydrogen-bond acceptors (Lipinski definition) is 10. The molecule has 8 heterocycles. The molecule has 22 rings (SSSR count). The molecule has 548 valence electrons. The van der Waals surface area contributed by atoms with Gasteiger partial charge in [0.05, 0.1) is 55.2 Å². The van der Waals surface area contributed by atoms with Crippen molar-refractivity contribution in [3.63, 3.8) is 0 Å². The molecule has 0 saturated carbocycles. The monoisotopic (exact) mass is 1560 g/mol. The van der Waals surface area contributed by atoms with Crippen LogP contribution >= 0.6 is 15.9 Å². The van der Waals surface area contributed by atoms with E-state index in [0.29, 0.717) is 40.4 Å². The van der Waals surface area contributed by atoms with Crippen molar-refractivity contribution in [3.8, 4) is 102 Å². The lowest BCUT2D eigenvalue weighted by molar-refractivity contribution is 0.426. The fourth-order valence-electron chi connectivity index (χ4n) is 16.0. The van der Waals surface area contributed by atoms with Gasteiger partial charge < -0.3 is 28.3 Å². The van der Waals surface area contributed by atoms with Gasteiger partial charge in [0.25, 0.3) is 0 Å². The predicted molar refractivity (Wildman–Crippen MR) is 475 cm³/mol. The lowest BCUT2D eigenvalue weighted by Crippen LogP contribution is -2.31. The second-order valence-electron chi connectivity index (χ2n) is 28.2. The summed E-state index contributed by atoms with van der Waals surface area (Å²) in [5.74, 6) is 3.64. The summed E-state index contributed by atoms with van der Waals surface area (Å²) in [6, 6.07) is 128. The van der Waals surface area contributed by atoms with Crippen LogP contribution in [0.4, 0.5) is 0 Å². The van der Waals surface area contributed by atoms with Gasteiger partial charge in [0.15, 0.2) is 34.9 Å². The Labute approximate surface area is 674 Å². The molecule has 14 nitrogen and oxygen atoms in total. The molecule has 0 bridgehead atoms. The van der Waals surface area contributed by atoms with Crippen molar-refractivity contribution in [2.75, 3.05) is 0 Å². The van der Waals surface area contributed by atoms with Gasteiger partial charge in [-0.2, -0.15) is 0 Å². The Morgan fingerprint density at radius 3 is 1.03 bits per heavy atom. The van der Waals surface area contributed by atoms with Gasteiger partial charge in [-0.25, -0.2) is 29.9 Å². The van der Waals surface area contributed by atoms with E-state index in [2.05, 4.69) is 215 Å². The molecular formula is C100H66BBrN12O2. The lowest BCUT2D eigenvalue weighted by Gasteiger charge is -2.14. The van der Waals surface area contributed by atoms with Crippen LogP contribution in [0.2, 0.25) is 0 Å². The minimum absolute atomic E-state index is 0.442. The number of hydrogen-bond donors (Lipinski definition) is 2. The molecule has 0 aliphatic heterocycles. The first-order chi connectivity index (χ1) is 57.3. The number of fused-ring (bicyclic) bond motifs is 12. The zero-order valence-corrected chi connectivity index (χ0v) is 63.8. The maximum Gasteiger partial charge on any atom is 0.490 e. The van der Waals surface area contributed by atoms with E-state index in [0.717, 1.165) is 138 Å². The second-order valence-corrected chi connectivity index (χ2v) is 29.1. The highest BCUT2D eigenvalue weighted by atomic mass is 79.9. The Kier molecular flexibility index (Phi) is 18.3. The highest BCUT2D eigenvalue weighted by Crippen LogP contribution is 2.43. The smallest absolute Gasteiger partial charge is 0.423 e. The third-order valence-electron chi connectivity index (χ3n) is 21.2. The van der Waals surface area contributed by atoms with E-state index in [4.69, 9.17) is 34.9 Å². The Bertz CT molecular complexity index is 7340. The van der Waals surface area contributed by atoms with Crippen LogP contribution in [0.15, 0.2) is 393 Å². The molecule has 0 unspecified atom stereocenters. The Morgan fingerprint density at radius 2 is 0.569 bits per heavy atom.